The first-order chi connectivity index (χ1) is 19.6. The number of amides is 2. The van der Waals surface area contributed by atoms with Crippen LogP contribution in [0.1, 0.15) is 15.9 Å². The first-order valence-corrected chi connectivity index (χ1v) is 12.8. The smallest absolute Gasteiger partial charge is 0.267 e. The van der Waals surface area contributed by atoms with Crippen LogP contribution >= 0.6 is 0 Å². The predicted octanol–water partition coefficient (Wildman–Crippen LogP) is 6.24. The fourth-order valence-corrected chi connectivity index (χ4v) is 4.70. The molecule has 5 aromatic carbocycles. The maximum absolute atomic E-state index is 14.0. The van der Waals surface area contributed by atoms with Crippen molar-refractivity contribution in [3.63, 3.8) is 0 Å². The van der Waals surface area contributed by atoms with Gasteiger partial charge in [-0.3, -0.25) is 14.4 Å². The number of hydrogen-bond donors (Lipinski definition) is 0. The van der Waals surface area contributed by atoms with Gasteiger partial charge in [0.15, 0.2) is 5.82 Å². The summed E-state index contributed by atoms with van der Waals surface area (Å²) in [5.74, 6) is -1.15. The van der Waals surface area contributed by atoms with Crippen molar-refractivity contribution >= 4 is 39.6 Å². The van der Waals surface area contributed by atoms with Crippen LogP contribution in [0.5, 0.6) is 0 Å². The normalized spacial score (nSPS) is 11.2. The van der Waals surface area contributed by atoms with E-state index in [0.29, 0.717) is 16.5 Å². The number of imide groups is 1. The van der Waals surface area contributed by atoms with Crippen LogP contribution in [0.3, 0.4) is 0 Å². The highest BCUT2D eigenvalue weighted by Gasteiger charge is 2.28. The van der Waals surface area contributed by atoms with Crippen molar-refractivity contribution in [1.29, 1.82) is 0 Å². The summed E-state index contributed by atoms with van der Waals surface area (Å²) in [4.78, 5) is 46.7. The molecule has 6 nitrogen and oxygen atoms in total. The standard InChI is InChI=1S/C34H23N3O3/c38-31(23-22-25-18-11-17-24-12-7-8-19-28(24)25)36(33(39)27-15-5-2-6-16-27)37-32(26-13-3-1-4-14-26)35-30-21-10-9-20-29(30)34(37)40/h1-23H/b23-22+. The van der Waals surface area contributed by atoms with Gasteiger partial charge in [0.1, 0.15) is 0 Å². The van der Waals surface area contributed by atoms with E-state index in [1.807, 2.05) is 60.7 Å². The number of aromatic nitrogens is 2. The highest BCUT2D eigenvalue weighted by Crippen LogP contribution is 2.22. The summed E-state index contributed by atoms with van der Waals surface area (Å²) in [6.07, 6.45) is 2.98. The molecule has 0 radical (unpaired) electrons. The monoisotopic (exact) mass is 521 g/mol. The molecule has 0 N–H and O–H groups in total. The molecule has 0 aliphatic heterocycles. The van der Waals surface area contributed by atoms with Crippen molar-refractivity contribution in [1.82, 2.24) is 9.66 Å². The van der Waals surface area contributed by atoms with Crippen LogP contribution < -0.4 is 10.6 Å². The van der Waals surface area contributed by atoms with Gasteiger partial charge in [0, 0.05) is 17.2 Å². The molecule has 0 saturated carbocycles. The minimum atomic E-state index is -0.682. The van der Waals surface area contributed by atoms with Gasteiger partial charge >= 0.3 is 0 Å². The van der Waals surface area contributed by atoms with Crippen LogP contribution in [0.15, 0.2) is 138 Å². The molecule has 6 aromatic rings. The zero-order valence-electron chi connectivity index (χ0n) is 21.3. The van der Waals surface area contributed by atoms with Crippen LogP contribution in [0.4, 0.5) is 0 Å². The second kappa shape index (κ2) is 10.6. The lowest BCUT2D eigenvalue weighted by molar-refractivity contribution is -0.114. The largest absolute Gasteiger partial charge is 0.281 e. The van der Waals surface area contributed by atoms with Crippen molar-refractivity contribution in [2.45, 2.75) is 0 Å². The van der Waals surface area contributed by atoms with Gasteiger partial charge in [0.25, 0.3) is 17.4 Å². The number of para-hydroxylation sites is 1. The van der Waals surface area contributed by atoms with Gasteiger partial charge in [-0.15, -0.1) is 0 Å². The minimum Gasteiger partial charge on any atom is -0.267 e. The van der Waals surface area contributed by atoms with Gasteiger partial charge in [0.2, 0.25) is 0 Å². The third kappa shape index (κ3) is 4.59. The average molecular weight is 522 g/mol. The Morgan fingerprint density at radius 1 is 0.675 bits per heavy atom. The second-order valence-electron chi connectivity index (χ2n) is 9.16. The van der Waals surface area contributed by atoms with Gasteiger partial charge < -0.3 is 0 Å². The van der Waals surface area contributed by atoms with Crippen LogP contribution in [-0.4, -0.2) is 21.5 Å². The van der Waals surface area contributed by atoms with E-state index in [1.54, 1.807) is 72.8 Å². The molecule has 192 valence electrons. The highest BCUT2D eigenvalue weighted by atomic mass is 16.2. The Morgan fingerprint density at radius 3 is 2.08 bits per heavy atom. The topological polar surface area (TPSA) is 72.3 Å². The van der Waals surface area contributed by atoms with Crippen LogP contribution in [0, 0.1) is 0 Å². The number of fused-ring (bicyclic) bond motifs is 2. The highest BCUT2D eigenvalue weighted by molar-refractivity contribution is 6.20. The molecule has 6 heteroatoms. The fourth-order valence-electron chi connectivity index (χ4n) is 4.70. The molecule has 40 heavy (non-hydrogen) atoms. The summed E-state index contributed by atoms with van der Waals surface area (Å²) in [7, 11) is 0. The van der Waals surface area contributed by atoms with E-state index in [-0.39, 0.29) is 11.4 Å². The van der Waals surface area contributed by atoms with Gasteiger partial charge in [-0.05, 0) is 46.7 Å². The van der Waals surface area contributed by atoms with Gasteiger partial charge in [-0.1, -0.05) is 103 Å². The molecule has 0 saturated heterocycles. The van der Waals surface area contributed by atoms with Crippen molar-refractivity contribution in [2.75, 3.05) is 5.01 Å². The molecule has 1 heterocycles. The average Bonchev–Trinajstić information content (AvgIpc) is 3.02. The Bertz CT molecular complexity index is 1960. The summed E-state index contributed by atoms with van der Waals surface area (Å²) >= 11 is 0. The van der Waals surface area contributed by atoms with Crippen molar-refractivity contribution < 1.29 is 9.59 Å². The van der Waals surface area contributed by atoms with Gasteiger partial charge in [-0.2, -0.15) is 9.69 Å². The first kappa shape index (κ1) is 24.7. The number of rotatable bonds is 5. The van der Waals surface area contributed by atoms with E-state index in [2.05, 4.69) is 0 Å². The molecule has 2 amide bonds. The summed E-state index contributed by atoms with van der Waals surface area (Å²) in [5, 5.41) is 3.15. The van der Waals surface area contributed by atoms with Gasteiger partial charge in [0.05, 0.1) is 10.9 Å². The van der Waals surface area contributed by atoms with Gasteiger partial charge in [-0.25, -0.2) is 4.98 Å². The maximum atomic E-state index is 14.0. The molecule has 0 atom stereocenters. The lowest BCUT2D eigenvalue weighted by Crippen LogP contribution is -2.50. The molecule has 0 unspecified atom stereocenters. The summed E-state index contributed by atoms with van der Waals surface area (Å²) < 4.78 is 1.09. The number of hydrogen-bond acceptors (Lipinski definition) is 4. The lowest BCUT2D eigenvalue weighted by Gasteiger charge is -2.24. The van der Waals surface area contributed by atoms with Crippen molar-refractivity contribution in [3.8, 4) is 11.4 Å². The van der Waals surface area contributed by atoms with E-state index < -0.39 is 17.4 Å². The van der Waals surface area contributed by atoms with E-state index in [0.717, 1.165) is 26.0 Å². The molecular formula is C34H23N3O3. The zero-order valence-corrected chi connectivity index (χ0v) is 21.3. The molecule has 1 aromatic heterocycles. The second-order valence-corrected chi connectivity index (χ2v) is 9.16. The zero-order chi connectivity index (χ0) is 27.5. The van der Waals surface area contributed by atoms with Crippen LogP contribution in [0.25, 0.3) is 39.1 Å². The molecule has 0 spiro atoms. The fraction of sp³-hybridized carbons (Fsp3) is 0. The summed E-state index contributed by atoms with van der Waals surface area (Å²) in [6, 6.07) is 38.0. The number of benzene rings is 5. The molecular weight excluding hydrogens is 498 g/mol. The lowest BCUT2D eigenvalue weighted by atomic mass is 10.0. The Labute approximate surface area is 230 Å². The first-order valence-electron chi connectivity index (χ1n) is 12.8. The Kier molecular flexibility index (Phi) is 6.56. The van der Waals surface area contributed by atoms with Crippen molar-refractivity contribution in [2.24, 2.45) is 0 Å². The maximum Gasteiger partial charge on any atom is 0.281 e. The SMILES string of the molecule is O=C(/C=C/c1cccc2ccccc12)N(C(=O)c1ccccc1)n1c(-c2ccccc2)nc2ccccc2c1=O. The number of carbonyl (C=O) groups excluding carboxylic acids is 2. The van der Waals surface area contributed by atoms with E-state index >= 15 is 0 Å². The number of carbonyl (C=O) groups is 2. The van der Waals surface area contributed by atoms with E-state index in [1.165, 1.54) is 6.08 Å². The number of nitrogens with zero attached hydrogens (tertiary/aromatic N) is 3. The van der Waals surface area contributed by atoms with Crippen molar-refractivity contribution in [3.05, 3.63) is 155 Å². The predicted molar refractivity (Wildman–Crippen MR) is 158 cm³/mol. The molecule has 0 bridgehead atoms. The quantitative estimate of drug-likeness (QED) is 0.252. The third-order valence-corrected chi connectivity index (χ3v) is 6.64. The molecule has 0 fully saturated rings. The third-order valence-electron chi connectivity index (χ3n) is 6.64. The van der Waals surface area contributed by atoms with E-state index in [4.69, 9.17) is 4.98 Å². The minimum absolute atomic E-state index is 0.181. The molecule has 6 rings (SSSR count). The Morgan fingerprint density at radius 2 is 1.30 bits per heavy atom. The summed E-state index contributed by atoms with van der Waals surface area (Å²) in [6.45, 7) is 0. The molecule has 0 aliphatic rings. The Hall–Kier alpha value is -5.62. The van der Waals surface area contributed by atoms with E-state index in [9.17, 15) is 14.4 Å². The molecule has 0 aliphatic carbocycles. The Balaban J connectivity index is 1.57. The summed E-state index contributed by atoms with van der Waals surface area (Å²) in [5.41, 5.74) is 1.59. The van der Waals surface area contributed by atoms with Crippen LogP contribution in [-0.2, 0) is 4.79 Å². The van der Waals surface area contributed by atoms with Crippen LogP contribution in [0.2, 0.25) is 0 Å².